The summed E-state index contributed by atoms with van der Waals surface area (Å²) in [5, 5.41) is 45.4. The number of furan rings is 1. The highest BCUT2D eigenvalue weighted by Crippen LogP contribution is 2.31. The van der Waals surface area contributed by atoms with E-state index in [1.807, 2.05) is 5.48 Å². The minimum absolute atomic E-state index is 0.0903. The molecular weight excluding hydrogens is 338 g/mol. The summed E-state index contributed by atoms with van der Waals surface area (Å²) in [4.78, 5) is 7.53. The van der Waals surface area contributed by atoms with Crippen LogP contribution in [0.2, 0.25) is 0 Å². The lowest BCUT2D eigenvalue weighted by Crippen LogP contribution is -2.33. The number of hydrogen-bond donors (Lipinski definition) is 6. The third kappa shape index (κ3) is 3.47. The molecule has 1 aliphatic heterocycles. The quantitative estimate of drug-likeness (QED) is 0.328. The van der Waals surface area contributed by atoms with Gasteiger partial charge in [-0.25, -0.2) is 10.5 Å². The molecule has 0 bridgehead atoms. The standard InChI is InChI=1S/C13H17N5O7/c14-12-15-5-18(11-10(21)9(20)7(3-19)25-11)13(16-12)23-4-6-1-2-8(17-22)24-6/h1-2,5,7,9-11,14,17,19-22H,3-4H2. The van der Waals surface area contributed by atoms with Crippen LogP contribution in [0.3, 0.4) is 0 Å². The van der Waals surface area contributed by atoms with E-state index in [-0.39, 0.29) is 24.1 Å². The second-order valence-corrected chi connectivity index (χ2v) is 5.27. The van der Waals surface area contributed by atoms with E-state index in [4.69, 9.17) is 24.5 Å². The van der Waals surface area contributed by atoms with Gasteiger partial charge in [0.2, 0.25) is 11.5 Å². The molecule has 2 aromatic rings. The van der Waals surface area contributed by atoms with Crippen molar-refractivity contribution in [2.24, 2.45) is 0 Å². The van der Waals surface area contributed by atoms with E-state index in [0.29, 0.717) is 5.76 Å². The summed E-state index contributed by atoms with van der Waals surface area (Å²) in [7, 11) is 0. The molecular formula is C13H17N5O7. The van der Waals surface area contributed by atoms with Crippen LogP contribution in [0.5, 0.6) is 6.01 Å². The first-order valence-corrected chi connectivity index (χ1v) is 7.27. The molecule has 2 aromatic heterocycles. The molecule has 0 aromatic carbocycles. The summed E-state index contributed by atoms with van der Waals surface area (Å²) in [5.74, 6) is 0.480. The summed E-state index contributed by atoms with van der Waals surface area (Å²) >= 11 is 0. The van der Waals surface area contributed by atoms with Gasteiger partial charge in [-0.2, -0.15) is 4.98 Å². The third-order valence-electron chi connectivity index (χ3n) is 3.63. The second kappa shape index (κ2) is 7.16. The van der Waals surface area contributed by atoms with Gasteiger partial charge in [0.25, 0.3) is 0 Å². The number of nitrogens with zero attached hydrogens (tertiary/aromatic N) is 3. The number of rotatable bonds is 6. The molecule has 0 spiro atoms. The maximum Gasteiger partial charge on any atom is 0.303 e. The lowest BCUT2D eigenvalue weighted by atomic mass is 10.1. The minimum Gasteiger partial charge on any atom is -0.456 e. The van der Waals surface area contributed by atoms with Gasteiger partial charge in [0, 0.05) is 6.07 Å². The molecule has 0 amide bonds. The van der Waals surface area contributed by atoms with E-state index in [9.17, 15) is 15.3 Å². The highest BCUT2D eigenvalue weighted by Gasteiger charge is 2.44. The van der Waals surface area contributed by atoms with E-state index < -0.39 is 31.1 Å². The van der Waals surface area contributed by atoms with Gasteiger partial charge in [0.05, 0.1) is 6.61 Å². The van der Waals surface area contributed by atoms with E-state index in [2.05, 4.69) is 9.97 Å². The van der Waals surface area contributed by atoms with Crippen LogP contribution in [0, 0.1) is 5.41 Å². The molecule has 136 valence electrons. The van der Waals surface area contributed by atoms with Crippen molar-refractivity contribution in [3.05, 3.63) is 29.8 Å². The molecule has 12 heteroatoms. The van der Waals surface area contributed by atoms with E-state index in [0.717, 1.165) is 0 Å². The average molecular weight is 355 g/mol. The molecule has 4 atom stereocenters. The van der Waals surface area contributed by atoms with Gasteiger partial charge in [-0.3, -0.25) is 15.2 Å². The lowest BCUT2D eigenvalue weighted by molar-refractivity contribution is -0.0580. The highest BCUT2D eigenvalue weighted by atomic mass is 16.6. The highest BCUT2D eigenvalue weighted by molar-refractivity contribution is 5.28. The van der Waals surface area contributed by atoms with Crippen molar-refractivity contribution in [3.8, 4) is 6.01 Å². The van der Waals surface area contributed by atoms with E-state index in [1.165, 1.54) is 17.0 Å². The van der Waals surface area contributed by atoms with Crippen LogP contribution in [0.25, 0.3) is 0 Å². The molecule has 0 radical (unpaired) electrons. The molecule has 6 N–H and O–H groups in total. The van der Waals surface area contributed by atoms with Crippen LogP contribution in [-0.2, 0) is 11.3 Å². The Morgan fingerprint density at radius 2 is 2.12 bits per heavy atom. The molecule has 0 saturated carbocycles. The Morgan fingerprint density at radius 3 is 2.76 bits per heavy atom. The van der Waals surface area contributed by atoms with Gasteiger partial charge in [0.1, 0.15) is 37.0 Å². The third-order valence-corrected chi connectivity index (χ3v) is 3.63. The Balaban J connectivity index is 1.82. The molecule has 12 nitrogen and oxygen atoms in total. The van der Waals surface area contributed by atoms with Crippen molar-refractivity contribution in [2.45, 2.75) is 31.1 Å². The predicted octanol–water partition coefficient (Wildman–Crippen LogP) is -1.66. The van der Waals surface area contributed by atoms with Gasteiger partial charge in [-0.15, -0.1) is 0 Å². The summed E-state index contributed by atoms with van der Waals surface area (Å²) in [6, 6.07) is 2.93. The SMILES string of the molecule is N=c1ncn(C2OC(CO)C(O)C2O)c(OCc2ccc(NO)o2)n1. The zero-order valence-corrected chi connectivity index (χ0v) is 12.8. The lowest BCUT2D eigenvalue weighted by Gasteiger charge is -2.20. The fourth-order valence-electron chi connectivity index (χ4n) is 2.39. The molecule has 3 rings (SSSR count). The number of anilines is 1. The first-order valence-electron chi connectivity index (χ1n) is 7.27. The van der Waals surface area contributed by atoms with Crippen LogP contribution < -0.4 is 15.8 Å². The molecule has 1 fully saturated rings. The number of aliphatic hydroxyl groups is 3. The molecule has 3 heterocycles. The fourth-order valence-corrected chi connectivity index (χ4v) is 2.39. The molecule has 0 aliphatic carbocycles. The molecule has 1 saturated heterocycles. The van der Waals surface area contributed by atoms with Crippen molar-refractivity contribution in [1.82, 2.24) is 14.5 Å². The van der Waals surface area contributed by atoms with Crippen LogP contribution in [0.4, 0.5) is 5.88 Å². The molecule has 25 heavy (non-hydrogen) atoms. The minimum atomic E-state index is -1.35. The Morgan fingerprint density at radius 1 is 1.32 bits per heavy atom. The van der Waals surface area contributed by atoms with Crippen LogP contribution in [0.15, 0.2) is 22.9 Å². The van der Waals surface area contributed by atoms with Crippen LogP contribution in [0.1, 0.15) is 12.0 Å². The Hall–Kier alpha value is -2.51. The van der Waals surface area contributed by atoms with Crippen LogP contribution >= 0.6 is 0 Å². The maximum atomic E-state index is 10.1. The topological polar surface area (TPSA) is 179 Å². The normalized spacial score (nSPS) is 25.9. The average Bonchev–Trinajstić information content (AvgIpc) is 3.19. The van der Waals surface area contributed by atoms with Gasteiger partial charge in [-0.1, -0.05) is 0 Å². The summed E-state index contributed by atoms with van der Waals surface area (Å²) in [6.07, 6.45) is -3.55. The summed E-state index contributed by atoms with van der Waals surface area (Å²) in [5.41, 5.74) is 1.52. The number of aliphatic hydroxyl groups excluding tert-OH is 3. The zero-order valence-electron chi connectivity index (χ0n) is 12.8. The van der Waals surface area contributed by atoms with Gasteiger partial charge < -0.3 is 29.2 Å². The number of ether oxygens (including phenoxy) is 2. The summed E-state index contributed by atoms with van der Waals surface area (Å²) < 4.78 is 17.3. The number of hydrogen-bond acceptors (Lipinski definition) is 11. The first kappa shape index (κ1) is 17.3. The Bertz CT molecular complexity index is 778. The molecule has 1 aliphatic rings. The van der Waals surface area contributed by atoms with Crippen molar-refractivity contribution in [3.63, 3.8) is 0 Å². The first-order chi connectivity index (χ1) is 12.0. The van der Waals surface area contributed by atoms with Crippen molar-refractivity contribution < 1.29 is 34.4 Å². The summed E-state index contributed by atoms with van der Waals surface area (Å²) in [6.45, 7) is -0.570. The molecule has 4 unspecified atom stereocenters. The number of aromatic nitrogens is 3. The van der Waals surface area contributed by atoms with Crippen molar-refractivity contribution in [2.75, 3.05) is 12.1 Å². The largest absolute Gasteiger partial charge is 0.456 e. The maximum absolute atomic E-state index is 10.1. The smallest absolute Gasteiger partial charge is 0.303 e. The predicted molar refractivity (Wildman–Crippen MR) is 77.3 cm³/mol. The van der Waals surface area contributed by atoms with E-state index in [1.54, 1.807) is 6.07 Å². The van der Waals surface area contributed by atoms with Crippen LogP contribution in [-0.4, -0.2) is 60.0 Å². The Kier molecular flexibility index (Phi) is 4.96. The Labute approximate surface area is 140 Å². The van der Waals surface area contributed by atoms with Gasteiger partial charge in [0.15, 0.2) is 6.23 Å². The fraction of sp³-hybridized carbons (Fsp3) is 0.462. The second-order valence-electron chi connectivity index (χ2n) is 5.27. The van der Waals surface area contributed by atoms with E-state index >= 15 is 0 Å². The van der Waals surface area contributed by atoms with Gasteiger partial charge >= 0.3 is 6.01 Å². The monoisotopic (exact) mass is 355 g/mol. The van der Waals surface area contributed by atoms with Gasteiger partial charge in [-0.05, 0) is 6.07 Å². The van der Waals surface area contributed by atoms with Crippen molar-refractivity contribution in [1.29, 1.82) is 5.41 Å². The number of nitrogens with one attached hydrogen (secondary N) is 2. The van der Waals surface area contributed by atoms with Crippen molar-refractivity contribution >= 4 is 5.88 Å². The zero-order chi connectivity index (χ0) is 18.0.